The summed E-state index contributed by atoms with van der Waals surface area (Å²) in [5.41, 5.74) is 1.06. The third-order valence-electron chi connectivity index (χ3n) is 4.95. The number of nitrogens with zero attached hydrogens (tertiary/aromatic N) is 2. The minimum atomic E-state index is 0. The molecule has 7 nitrogen and oxygen atoms in total. The maximum atomic E-state index is 11.7. The molecule has 1 aliphatic rings. The van der Waals surface area contributed by atoms with E-state index in [2.05, 4.69) is 45.8 Å². The fourth-order valence-corrected chi connectivity index (χ4v) is 2.96. The number of carbonyl (C=O) groups excluding carboxylic acids is 1. The largest absolute Gasteiger partial charge is 0.492 e. The molecule has 0 heterocycles. The third kappa shape index (κ3) is 9.97. The number of hydrogen-bond acceptors (Lipinski definition) is 4. The first-order valence-electron chi connectivity index (χ1n) is 10.9. The molecule has 0 radical (unpaired) electrons. The van der Waals surface area contributed by atoms with Gasteiger partial charge in [-0.1, -0.05) is 32.0 Å². The zero-order valence-electron chi connectivity index (χ0n) is 18.6. The maximum Gasteiger partial charge on any atom is 0.223 e. The lowest BCUT2D eigenvalue weighted by molar-refractivity contribution is -0.122. The first-order valence-corrected chi connectivity index (χ1v) is 10.9. The Balaban J connectivity index is 0.00000450. The fraction of sp³-hybridized carbons (Fsp3) is 0.636. The molecule has 1 aromatic carbocycles. The molecule has 2 rings (SSSR count). The van der Waals surface area contributed by atoms with Crippen LogP contribution in [0.5, 0.6) is 5.75 Å². The van der Waals surface area contributed by atoms with E-state index in [0.29, 0.717) is 26.2 Å². The van der Waals surface area contributed by atoms with Crippen LogP contribution in [0.3, 0.4) is 0 Å². The van der Waals surface area contributed by atoms with Crippen LogP contribution in [0.2, 0.25) is 0 Å². The summed E-state index contributed by atoms with van der Waals surface area (Å²) in [5, 5.41) is 9.48. The van der Waals surface area contributed by atoms with Crippen LogP contribution in [0, 0.1) is 5.92 Å². The van der Waals surface area contributed by atoms with Gasteiger partial charge in [0.2, 0.25) is 5.91 Å². The molecule has 1 amide bonds. The van der Waals surface area contributed by atoms with Crippen molar-refractivity contribution in [2.75, 3.05) is 45.9 Å². The molecule has 3 N–H and O–H groups in total. The summed E-state index contributed by atoms with van der Waals surface area (Å²) in [4.78, 5) is 18.7. The van der Waals surface area contributed by atoms with Crippen molar-refractivity contribution in [1.82, 2.24) is 20.9 Å². The highest BCUT2D eigenvalue weighted by Crippen LogP contribution is 2.28. The highest BCUT2D eigenvalue weighted by atomic mass is 127. The highest BCUT2D eigenvalue weighted by Gasteiger charge is 2.28. The molecule has 0 unspecified atom stereocenters. The topological polar surface area (TPSA) is 78.0 Å². The molecule has 0 atom stereocenters. The Morgan fingerprint density at radius 3 is 2.47 bits per heavy atom. The van der Waals surface area contributed by atoms with Crippen LogP contribution in [0.4, 0.5) is 0 Å². The van der Waals surface area contributed by atoms with Gasteiger partial charge < -0.3 is 25.6 Å². The number of rotatable bonds is 13. The number of para-hydroxylation sites is 1. The van der Waals surface area contributed by atoms with E-state index in [4.69, 9.17) is 4.74 Å². The van der Waals surface area contributed by atoms with Gasteiger partial charge in [0, 0.05) is 37.7 Å². The van der Waals surface area contributed by atoms with Crippen LogP contribution in [0.15, 0.2) is 29.3 Å². The van der Waals surface area contributed by atoms with E-state index in [1.54, 1.807) is 0 Å². The van der Waals surface area contributed by atoms with Gasteiger partial charge >= 0.3 is 0 Å². The molecule has 170 valence electrons. The van der Waals surface area contributed by atoms with Gasteiger partial charge in [-0.25, -0.2) is 4.99 Å². The summed E-state index contributed by atoms with van der Waals surface area (Å²) in [6, 6.07) is 8.05. The van der Waals surface area contributed by atoms with Crippen molar-refractivity contribution in [2.24, 2.45) is 10.9 Å². The average Bonchev–Trinajstić information content (AvgIpc) is 3.58. The Morgan fingerprint density at radius 1 is 1.10 bits per heavy atom. The zero-order chi connectivity index (χ0) is 20.9. The third-order valence-corrected chi connectivity index (χ3v) is 4.95. The zero-order valence-corrected chi connectivity index (χ0v) is 20.9. The normalized spacial score (nSPS) is 13.5. The van der Waals surface area contributed by atoms with E-state index < -0.39 is 0 Å². The summed E-state index contributed by atoms with van der Waals surface area (Å²) in [6.45, 7) is 12.6. The first kappa shape index (κ1) is 26.5. The van der Waals surface area contributed by atoms with Crippen LogP contribution in [-0.2, 0) is 11.3 Å². The number of aliphatic imine (C=N–C) groups is 1. The van der Waals surface area contributed by atoms with Crippen molar-refractivity contribution >= 4 is 35.8 Å². The molecule has 0 saturated heterocycles. The number of amides is 1. The number of benzene rings is 1. The van der Waals surface area contributed by atoms with Gasteiger partial charge in [0.15, 0.2) is 5.96 Å². The lowest BCUT2D eigenvalue weighted by atomic mass is 10.2. The van der Waals surface area contributed by atoms with Crippen molar-refractivity contribution in [3.8, 4) is 5.75 Å². The number of guanidine groups is 1. The Morgan fingerprint density at radius 2 is 1.80 bits per heavy atom. The highest BCUT2D eigenvalue weighted by molar-refractivity contribution is 14.0. The Hall–Kier alpha value is -1.55. The number of ether oxygens (including phenoxy) is 1. The van der Waals surface area contributed by atoms with Crippen molar-refractivity contribution in [3.63, 3.8) is 0 Å². The van der Waals surface area contributed by atoms with Crippen LogP contribution in [0.25, 0.3) is 0 Å². The smallest absolute Gasteiger partial charge is 0.223 e. The lowest BCUT2D eigenvalue weighted by Crippen LogP contribution is -2.41. The average molecular weight is 531 g/mol. The number of nitrogens with one attached hydrogen (secondary N) is 3. The van der Waals surface area contributed by atoms with E-state index in [1.165, 1.54) is 0 Å². The second-order valence-electron chi connectivity index (χ2n) is 7.17. The molecule has 0 bridgehead atoms. The molecular formula is C22H38IN5O2. The Bertz CT molecular complexity index is 648. The van der Waals surface area contributed by atoms with Crippen LogP contribution in [0.1, 0.15) is 39.2 Å². The van der Waals surface area contributed by atoms with Crippen molar-refractivity contribution in [1.29, 1.82) is 0 Å². The summed E-state index contributed by atoms with van der Waals surface area (Å²) in [6.07, 6.45) is 2.06. The van der Waals surface area contributed by atoms with E-state index in [9.17, 15) is 4.79 Å². The van der Waals surface area contributed by atoms with Gasteiger partial charge in [0.1, 0.15) is 12.4 Å². The van der Waals surface area contributed by atoms with E-state index >= 15 is 0 Å². The molecule has 1 saturated carbocycles. The van der Waals surface area contributed by atoms with Gasteiger partial charge in [0.05, 0.1) is 6.54 Å². The van der Waals surface area contributed by atoms with Gasteiger partial charge in [-0.2, -0.15) is 0 Å². The van der Waals surface area contributed by atoms with E-state index in [0.717, 1.165) is 56.3 Å². The molecule has 1 aliphatic carbocycles. The SMILES string of the molecule is CCNC(=NCc1ccccc1OCCN(CC)CC)NCCNC(=O)C1CC1.I. The van der Waals surface area contributed by atoms with Crippen molar-refractivity contribution in [3.05, 3.63) is 29.8 Å². The van der Waals surface area contributed by atoms with E-state index in [1.807, 2.05) is 25.1 Å². The molecule has 30 heavy (non-hydrogen) atoms. The number of halogens is 1. The second-order valence-corrected chi connectivity index (χ2v) is 7.17. The minimum absolute atomic E-state index is 0. The van der Waals surface area contributed by atoms with Gasteiger partial charge in [0.25, 0.3) is 0 Å². The summed E-state index contributed by atoms with van der Waals surface area (Å²) in [7, 11) is 0. The van der Waals surface area contributed by atoms with Gasteiger partial charge in [-0.15, -0.1) is 24.0 Å². The van der Waals surface area contributed by atoms with Crippen molar-refractivity contribution < 1.29 is 9.53 Å². The molecule has 0 spiro atoms. The molecule has 0 aliphatic heterocycles. The number of carbonyl (C=O) groups is 1. The molecule has 1 aromatic rings. The predicted molar refractivity (Wildman–Crippen MR) is 134 cm³/mol. The summed E-state index contributed by atoms with van der Waals surface area (Å²) >= 11 is 0. The second kappa shape index (κ2) is 15.3. The molecule has 1 fully saturated rings. The van der Waals surface area contributed by atoms with Crippen LogP contribution < -0.4 is 20.7 Å². The first-order chi connectivity index (χ1) is 14.2. The predicted octanol–water partition coefficient (Wildman–Crippen LogP) is 2.61. The van der Waals surface area contributed by atoms with E-state index in [-0.39, 0.29) is 35.8 Å². The molecule has 0 aromatic heterocycles. The summed E-state index contributed by atoms with van der Waals surface area (Å²) in [5.74, 6) is 2.04. The lowest BCUT2D eigenvalue weighted by Gasteiger charge is -2.19. The van der Waals surface area contributed by atoms with Gasteiger partial charge in [-0.3, -0.25) is 4.79 Å². The van der Waals surface area contributed by atoms with Crippen molar-refractivity contribution in [2.45, 2.75) is 40.2 Å². The standard InChI is InChI=1S/C22H37N5O2.HI/c1-4-23-22(25-14-13-24-21(28)18-11-12-18)26-17-19-9-7-8-10-20(19)29-16-15-27(5-2)6-3;/h7-10,18H,4-6,11-17H2,1-3H3,(H,24,28)(H2,23,25,26);1H. The quantitative estimate of drug-likeness (QED) is 0.158. The number of hydrogen-bond donors (Lipinski definition) is 3. The van der Waals surface area contributed by atoms with Crippen LogP contribution >= 0.6 is 24.0 Å². The fourth-order valence-electron chi connectivity index (χ4n) is 2.96. The molecular weight excluding hydrogens is 493 g/mol. The maximum absolute atomic E-state index is 11.7. The monoisotopic (exact) mass is 531 g/mol. The van der Waals surface area contributed by atoms with Crippen LogP contribution in [-0.4, -0.2) is 62.6 Å². The summed E-state index contributed by atoms with van der Waals surface area (Å²) < 4.78 is 6.02. The Labute approximate surface area is 198 Å². The molecule has 8 heteroatoms. The minimum Gasteiger partial charge on any atom is -0.492 e. The number of likely N-dealkylation sites (N-methyl/N-ethyl adjacent to an activating group) is 1. The van der Waals surface area contributed by atoms with Gasteiger partial charge in [-0.05, 0) is 38.9 Å². The Kier molecular flexibility index (Phi) is 13.5.